The van der Waals surface area contributed by atoms with Crippen molar-refractivity contribution in [1.82, 2.24) is 10.2 Å². The predicted octanol–water partition coefficient (Wildman–Crippen LogP) is 2.45. The SMILES string of the molecule is CNC1CCCN(C(=O)c2cccc(S(=O)(=O)Nc3ccccc3F)c2)C1. The smallest absolute Gasteiger partial charge is 0.262 e. The van der Waals surface area contributed by atoms with Gasteiger partial charge in [0, 0.05) is 24.7 Å². The molecule has 2 aromatic carbocycles. The molecule has 1 fully saturated rings. The number of anilines is 1. The van der Waals surface area contributed by atoms with Crippen molar-refractivity contribution in [2.75, 3.05) is 24.9 Å². The first kappa shape index (κ1) is 19.3. The highest BCUT2D eigenvalue weighted by molar-refractivity contribution is 7.92. The van der Waals surface area contributed by atoms with Gasteiger partial charge in [0.25, 0.3) is 15.9 Å². The quantitative estimate of drug-likeness (QED) is 0.821. The average molecular weight is 391 g/mol. The fraction of sp³-hybridized carbons (Fsp3) is 0.316. The van der Waals surface area contributed by atoms with E-state index in [1.165, 1.54) is 42.5 Å². The van der Waals surface area contributed by atoms with Crippen LogP contribution in [0.3, 0.4) is 0 Å². The molecular weight excluding hydrogens is 369 g/mol. The summed E-state index contributed by atoms with van der Waals surface area (Å²) in [4.78, 5) is 14.4. The zero-order chi connectivity index (χ0) is 19.4. The molecule has 1 saturated heterocycles. The van der Waals surface area contributed by atoms with Gasteiger partial charge >= 0.3 is 0 Å². The van der Waals surface area contributed by atoms with Crippen LogP contribution in [-0.4, -0.2) is 45.4 Å². The summed E-state index contributed by atoms with van der Waals surface area (Å²) in [6.45, 7) is 1.22. The Balaban J connectivity index is 1.82. The van der Waals surface area contributed by atoms with Crippen molar-refractivity contribution in [3.8, 4) is 0 Å². The van der Waals surface area contributed by atoms with Crippen molar-refractivity contribution in [2.24, 2.45) is 0 Å². The Hall–Kier alpha value is -2.45. The van der Waals surface area contributed by atoms with Gasteiger partial charge in [0.05, 0.1) is 10.6 Å². The molecule has 3 rings (SSSR count). The zero-order valence-corrected chi connectivity index (χ0v) is 15.8. The highest BCUT2D eigenvalue weighted by atomic mass is 32.2. The highest BCUT2D eigenvalue weighted by Crippen LogP contribution is 2.21. The van der Waals surface area contributed by atoms with E-state index in [9.17, 15) is 17.6 Å². The Labute approximate surface area is 158 Å². The van der Waals surface area contributed by atoms with Crippen LogP contribution < -0.4 is 10.0 Å². The number of sulfonamides is 1. The van der Waals surface area contributed by atoms with Crippen LogP contribution in [0, 0.1) is 5.82 Å². The van der Waals surface area contributed by atoms with Gasteiger partial charge in [-0.15, -0.1) is 0 Å². The molecule has 0 radical (unpaired) electrons. The Morgan fingerprint density at radius 2 is 1.96 bits per heavy atom. The molecule has 1 amide bonds. The first-order chi connectivity index (χ1) is 12.9. The second-order valence-electron chi connectivity index (χ2n) is 6.49. The summed E-state index contributed by atoms with van der Waals surface area (Å²) < 4.78 is 41.2. The molecule has 2 aromatic rings. The third-order valence-corrected chi connectivity index (χ3v) is 5.99. The maximum atomic E-state index is 13.8. The number of hydrogen-bond donors (Lipinski definition) is 2. The van der Waals surface area contributed by atoms with Crippen LogP contribution in [0.1, 0.15) is 23.2 Å². The van der Waals surface area contributed by atoms with E-state index in [-0.39, 0.29) is 22.5 Å². The summed E-state index contributed by atoms with van der Waals surface area (Å²) in [5, 5.41) is 3.17. The Kier molecular flexibility index (Phi) is 5.76. The third kappa shape index (κ3) is 4.45. The molecule has 1 unspecified atom stereocenters. The first-order valence-electron chi connectivity index (χ1n) is 8.74. The number of carbonyl (C=O) groups excluding carboxylic acids is 1. The summed E-state index contributed by atoms with van der Waals surface area (Å²) in [6, 6.07) is 11.6. The van der Waals surface area contributed by atoms with Crippen molar-refractivity contribution in [1.29, 1.82) is 0 Å². The van der Waals surface area contributed by atoms with Gasteiger partial charge in [0.15, 0.2) is 0 Å². The van der Waals surface area contributed by atoms with Gasteiger partial charge in [-0.05, 0) is 50.2 Å². The topological polar surface area (TPSA) is 78.5 Å². The van der Waals surface area contributed by atoms with Gasteiger partial charge in [-0.2, -0.15) is 0 Å². The van der Waals surface area contributed by atoms with Crippen molar-refractivity contribution < 1.29 is 17.6 Å². The van der Waals surface area contributed by atoms with E-state index in [0.29, 0.717) is 18.7 Å². The maximum absolute atomic E-state index is 13.8. The lowest BCUT2D eigenvalue weighted by Crippen LogP contribution is -2.47. The van der Waals surface area contributed by atoms with E-state index in [4.69, 9.17) is 0 Å². The lowest BCUT2D eigenvalue weighted by molar-refractivity contribution is 0.0698. The molecule has 0 bridgehead atoms. The molecule has 0 spiro atoms. The van der Waals surface area contributed by atoms with Crippen molar-refractivity contribution >= 4 is 21.6 Å². The molecule has 0 aromatic heterocycles. The maximum Gasteiger partial charge on any atom is 0.262 e. The van der Waals surface area contributed by atoms with Gasteiger partial charge in [0.1, 0.15) is 5.82 Å². The number of amides is 1. The minimum absolute atomic E-state index is 0.0845. The molecule has 1 atom stereocenters. The summed E-state index contributed by atoms with van der Waals surface area (Å²) in [5.74, 6) is -0.877. The van der Waals surface area contributed by atoms with Gasteiger partial charge < -0.3 is 10.2 Å². The van der Waals surface area contributed by atoms with Crippen LogP contribution in [0.4, 0.5) is 10.1 Å². The van der Waals surface area contributed by atoms with Crippen LogP contribution in [0.2, 0.25) is 0 Å². The number of likely N-dealkylation sites (tertiary alicyclic amines) is 1. The number of piperidine rings is 1. The summed E-state index contributed by atoms with van der Waals surface area (Å²) in [6.07, 6.45) is 1.89. The van der Waals surface area contributed by atoms with Gasteiger partial charge in [-0.3, -0.25) is 9.52 Å². The van der Waals surface area contributed by atoms with Gasteiger partial charge in [0.2, 0.25) is 0 Å². The fourth-order valence-electron chi connectivity index (χ4n) is 3.12. The molecule has 0 saturated carbocycles. The molecule has 1 heterocycles. The lowest BCUT2D eigenvalue weighted by atomic mass is 10.0. The van der Waals surface area contributed by atoms with E-state index < -0.39 is 15.8 Å². The second kappa shape index (κ2) is 8.06. The molecule has 1 aliphatic rings. The minimum Gasteiger partial charge on any atom is -0.337 e. The minimum atomic E-state index is -4.01. The van der Waals surface area contributed by atoms with Crippen molar-refractivity contribution in [3.05, 3.63) is 59.9 Å². The predicted molar refractivity (Wildman–Crippen MR) is 102 cm³/mol. The van der Waals surface area contributed by atoms with Gasteiger partial charge in [-0.1, -0.05) is 18.2 Å². The molecule has 2 N–H and O–H groups in total. The van der Waals surface area contributed by atoms with E-state index >= 15 is 0 Å². The molecule has 27 heavy (non-hydrogen) atoms. The lowest BCUT2D eigenvalue weighted by Gasteiger charge is -2.32. The Morgan fingerprint density at radius 1 is 1.19 bits per heavy atom. The van der Waals surface area contributed by atoms with Crippen LogP contribution in [0.25, 0.3) is 0 Å². The number of rotatable bonds is 5. The molecule has 0 aliphatic carbocycles. The first-order valence-corrected chi connectivity index (χ1v) is 10.2. The van der Waals surface area contributed by atoms with Crippen LogP contribution in [0.15, 0.2) is 53.4 Å². The fourth-order valence-corrected chi connectivity index (χ4v) is 4.24. The van der Waals surface area contributed by atoms with E-state index in [2.05, 4.69) is 10.0 Å². The second-order valence-corrected chi connectivity index (χ2v) is 8.17. The molecule has 1 aliphatic heterocycles. The number of nitrogens with zero attached hydrogens (tertiary/aromatic N) is 1. The van der Waals surface area contributed by atoms with Gasteiger partial charge in [-0.25, -0.2) is 12.8 Å². The number of carbonyl (C=O) groups is 1. The average Bonchev–Trinajstić information content (AvgIpc) is 2.69. The number of benzene rings is 2. The standard InChI is InChI=1S/C19H22FN3O3S/c1-21-15-7-5-11-23(13-15)19(24)14-6-4-8-16(12-14)27(25,26)22-18-10-3-2-9-17(18)20/h2-4,6,8-10,12,15,21-22H,5,7,11,13H2,1H3. The van der Waals surface area contributed by atoms with Crippen LogP contribution >= 0.6 is 0 Å². The zero-order valence-electron chi connectivity index (χ0n) is 15.0. The van der Waals surface area contributed by atoms with E-state index in [1.807, 2.05) is 7.05 Å². The molecule has 8 heteroatoms. The summed E-state index contributed by atoms with van der Waals surface area (Å²) in [5.41, 5.74) is 0.158. The van der Waals surface area contributed by atoms with Crippen LogP contribution in [-0.2, 0) is 10.0 Å². The monoisotopic (exact) mass is 391 g/mol. The van der Waals surface area contributed by atoms with Crippen molar-refractivity contribution in [2.45, 2.75) is 23.8 Å². The number of nitrogens with one attached hydrogen (secondary N) is 2. The largest absolute Gasteiger partial charge is 0.337 e. The third-order valence-electron chi connectivity index (χ3n) is 4.63. The molecule has 144 valence electrons. The molecule has 6 nitrogen and oxygen atoms in total. The van der Waals surface area contributed by atoms with E-state index in [1.54, 1.807) is 11.0 Å². The number of hydrogen-bond acceptors (Lipinski definition) is 4. The van der Waals surface area contributed by atoms with Crippen molar-refractivity contribution in [3.63, 3.8) is 0 Å². The highest BCUT2D eigenvalue weighted by Gasteiger charge is 2.25. The molecular formula is C19H22FN3O3S. The summed E-state index contributed by atoms with van der Waals surface area (Å²) in [7, 11) is -2.15. The number of para-hydroxylation sites is 1. The Bertz CT molecular complexity index is 933. The van der Waals surface area contributed by atoms with E-state index in [0.717, 1.165) is 12.8 Å². The number of halogens is 1. The van der Waals surface area contributed by atoms with Crippen LogP contribution in [0.5, 0.6) is 0 Å². The normalized spacial score (nSPS) is 17.6. The summed E-state index contributed by atoms with van der Waals surface area (Å²) >= 11 is 0. The Morgan fingerprint density at radius 3 is 2.70 bits per heavy atom. The number of likely N-dealkylation sites (N-methyl/N-ethyl adjacent to an activating group) is 1.